The van der Waals surface area contributed by atoms with Crippen molar-refractivity contribution in [1.29, 1.82) is 0 Å². The third-order valence-electron chi connectivity index (χ3n) is 4.30. The van der Waals surface area contributed by atoms with Crippen molar-refractivity contribution in [2.75, 3.05) is 0 Å². The molecule has 20 heavy (non-hydrogen) atoms. The highest BCUT2D eigenvalue weighted by Gasteiger charge is 2.26. The summed E-state index contributed by atoms with van der Waals surface area (Å²) in [4.78, 5) is 4.26. The van der Waals surface area contributed by atoms with Gasteiger partial charge in [-0.1, -0.05) is 6.07 Å². The summed E-state index contributed by atoms with van der Waals surface area (Å²) >= 11 is 0. The first kappa shape index (κ1) is 11.6. The van der Waals surface area contributed by atoms with E-state index in [0.717, 1.165) is 23.4 Å². The lowest BCUT2D eigenvalue weighted by Gasteiger charge is -2.15. The Morgan fingerprint density at radius 1 is 1.25 bits per heavy atom. The molecule has 0 saturated heterocycles. The van der Waals surface area contributed by atoms with E-state index in [9.17, 15) is 0 Å². The van der Waals surface area contributed by atoms with Crippen molar-refractivity contribution in [3.63, 3.8) is 0 Å². The number of benzene rings is 1. The number of aryl methyl sites for hydroxylation is 2. The van der Waals surface area contributed by atoms with E-state index in [1.165, 1.54) is 22.0 Å². The van der Waals surface area contributed by atoms with Crippen molar-refractivity contribution < 1.29 is 0 Å². The number of fused-ring (bicyclic) bond motifs is 3. The lowest BCUT2D eigenvalue weighted by Crippen LogP contribution is -2.13. The third kappa shape index (κ3) is 1.29. The van der Waals surface area contributed by atoms with Crippen LogP contribution in [0, 0.1) is 6.92 Å². The number of nitrogens with two attached hydrogens (primary N) is 1. The second-order valence-corrected chi connectivity index (χ2v) is 5.28. The summed E-state index contributed by atoms with van der Waals surface area (Å²) in [5, 5.41) is 6.00. The standard InChI is InChI=1S/C16H16N4/c1-3-20-13-5-4-10-9(2)14(13)16(19-20)12-8-18-7-6-11(12)15(10)17/h4-8,15H,3,17H2,1-2H3. The number of hydrogen-bond donors (Lipinski definition) is 1. The minimum atomic E-state index is -0.110. The van der Waals surface area contributed by atoms with Crippen LogP contribution in [0.3, 0.4) is 0 Å². The Morgan fingerprint density at radius 3 is 2.90 bits per heavy atom. The summed E-state index contributed by atoms with van der Waals surface area (Å²) < 4.78 is 2.05. The molecule has 3 aromatic rings. The van der Waals surface area contributed by atoms with E-state index in [-0.39, 0.29) is 6.04 Å². The van der Waals surface area contributed by atoms with E-state index in [1.54, 1.807) is 6.20 Å². The van der Waals surface area contributed by atoms with E-state index in [1.807, 2.05) is 12.3 Å². The van der Waals surface area contributed by atoms with Crippen molar-refractivity contribution >= 4 is 10.9 Å². The molecule has 100 valence electrons. The molecule has 2 aromatic heterocycles. The Labute approximate surface area is 117 Å². The minimum Gasteiger partial charge on any atom is -0.320 e. The Bertz CT molecular complexity index is 832. The number of hydrogen-bond acceptors (Lipinski definition) is 3. The molecule has 1 aromatic carbocycles. The normalized spacial score (nSPS) is 16.4. The van der Waals surface area contributed by atoms with Gasteiger partial charge in [0.05, 0.1) is 11.6 Å². The number of rotatable bonds is 1. The molecule has 0 radical (unpaired) electrons. The van der Waals surface area contributed by atoms with Crippen molar-refractivity contribution in [2.45, 2.75) is 26.4 Å². The molecule has 0 aliphatic heterocycles. The molecule has 0 saturated carbocycles. The zero-order chi connectivity index (χ0) is 13.9. The van der Waals surface area contributed by atoms with Gasteiger partial charge in [-0.25, -0.2) is 0 Å². The predicted molar refractivity (Wildman–Crippen MR) is 79.4 cm³/mol. The van der Waals surface area contributed by atoms with Crippen LogP contribution in [0.2, 0.25) is 0 Å². The highest BCUT2D eigenvalue weighted by molar-refractivity contribution is 5.98. The smallest absolute Gasteiger partial charge is 0.102 e. The van der Waals surface area contributed by atoms with Gasteiger partial charge < -0.3 is 5.73 Å². The Kier molecular flexibility index (Phi) is 2.26. The first-order valence-corrected chi connectivity index (χ1v) is 6.92. The largest absolute Gasteiger partial charge is 0.320 e. The van der Waals surface area contributed by atoms with Crippen LogP contribution in [0.25, 0.3) is 22.2 Å². The van der Waals surface area contributed by atoms with Crippen LogP contribution >= 0.6 is 0 Å². The van der Waals surface area contributed by atoms with Crippen LogP contribution in [0.5, 0.6) is 0 Å². The first-order valence-electron chi connectivity index (χ1n) is 6.92. The van der Waals surface area contributed by atoms with Gasteiger partial charge in [0.25, 0.3) is 0 Å². The zero-order valence-electron chi connectivity index (χ0n) is 11.6. The van der Waals surface area contributed by atoms with Crippen LogP contribution in [0.1, 0.15) is 29.7 Å². The van der Waals surface area contributed by atoms with Crippen molar-refractivity contribution in [2.24, 2.45) is 5.73 Å². The molecule has 2 bridgehead atoms. The summed E-state index contributed by atoms with van der Waals surface area (Å²) in [6.07, 6.45) is 3.68. The van der Waals surface area contributed by atoms with Gasteiger partial charge in [0.1, 0.15) is 5.69 Å². The predicted octanol–water partition coefficient (Wildman–Crippen LogP) is 2.79. The summed E-state index contributed by atoms with van der Waals surface area (Å²) in [5.41, 5.74) is 13.2. The van der Waals surface area contributed by atoms with Gasteiger partial charge in [-0.3, -0.25) is 9.67 Å². The van der Waals surface area contributed by atoms with E-state index in [2.05, 4.69) is 35.6 Å². The first-order chi connectivity index (χ1) is 9.72. The molecule has 0 amide bonds. The number of aromatic nitrogens is 3. The van der Waals surface area contributed by atoms with Crippen LogP contribution in [0.15, 0.2) is 30.6 Å². The third-order valence-corrected chi connectivity index (χ3v) is 4.30. The van der Waals surface area contributed by atoms with E-state index >= 15 is 0 Å². The number of pyridine rings is 1. The lowest BCUT2D eigenvalue weighted by atomic mass is 9.96. The van der Waals surface area contributed by atoms with Crippen LogP contribution < -0.4 is 5.73 Å². The fourth-order valence-electron chi connectivity index (χ4n) is 3.26. The summed E-state index contributed by atoms with van der Waals surface area (Å²) in [6.45, 7) is 5.11. The van der Waals surface area contributed by atoms with Gasteiger partial charge in [-0.15, -0.1) is 0 Å². The second-order valence-electron chi connectivity index (χ2n) is 5.28. The Balaban J connectivity index is 2.24. The monoisotopic (exact) mass is 264 g/mol. The summed E-state index contributed by atoms with van der Waals surface area (Å²) in [6, 6.07) is 6.17. The van der Waals surface area contributed by atoms with E-state index < -0.39 is 0 Å². The molecule has 2 heterocycles. The average Bonchev–Trinajstić information content (AvgIpc) is 2.84. The van der Waals surface area contributed by atoms with Crippen molar-refractivity contribution in [3.05, 3.63) is 47.3 Å². The Hall–Kier alpha value is -2.20. The molecule has 4 rings (SSSR count). The molecule has 1 aliphatic rings. The molecule has 1 aliphatic carbocycles. The zero-order valence-corrected chi connectivity index (χ0v) is 11.6. The minimum absolute atomic E-state index is 0.110. The van der Waals surface area contributed by atoms with E-state index in [0.29, 0.717) is 0 Å². The highest BCUT2D eigenvalue weighted by Crippen LogP contribution is 2.41. The molecule has 4 heteroatoms. The van der Waals surface area contributed by atoms with Crippen LogP contribution in [-0.2, 0) is 6.54 Å². The van der Waals surface area contributed by atoms with Gasteiger partial charge >= 0.3 is 0 Å². The maximum Gasteiger partial charge on any atom is 0.102 e. The molecule has 1 unspecified atom stereocenters. The molecular weight excluding hydrogens is 248 g/mol. The van der Waals surface area contributed by atoms with Gasteiger partial charge in [0.15, 0.2) is 0 Å². The fraction of sp³-hybridized carbons (Fsp3) is 0.250. The number of nitrogens with zero attached hydrogens (tertiary/aromatic N) is 3. The molecule has 0 fully saturated rings. The molecule has 2 N–H and O–H groups in total. The topological polar surface area (TPSA) is 56.7 Å². The van der Waals surface area contributed by atoms with Gasteiger partial charge in [-0.05, 0) is 42.7 Å². The van der Waals surface area contributed by atoms with E-state index in [4.69, 9.17) is 10.8 Å². The van der Waals surface area contributed by atoms with Crippen molar-refractivity contribution in [1.82, 2.24) is 14.8 Å². The van der Waals surface area contributed by atoms with Crippen LogP contribution in [-0.4, -0.2) is 14.8 Å². The average molecular weight is 264 g/mol. The quantitative estimate of drug-likeness (QED) is 0.735. The SMILES string of the molecule is CCn1nc2c3c(C)c(ccc31)C(N)c1ccncc1-2. The van der Waals surface area contributed by atoms with Crippen LogP contribution in [0.4, 0.5) is 0 Å². The second kappa shape index (κ2) is 3.90. The van der Waals surface area contributed by atoms with Gasteiger partial charge in [0.2, 0.25) is 0 Å². The molecular formula is C16H16N4. The lowest BCUT2D eigenvalue weighted by molar-refractivity contribution is 0.685. The maximum absolute atomic E-state index is 6.46. The molecule has 1 atom stereocenters. The molecule has 0 spiro atoms. The van der Waals surface area contributed by atoms with Gasteiger partial charge in [-0.2, -0.15) is 5.10 Å². The maximum atomic E-state index is 6.46. The Morgan fingerprint density at radius 2 is 2.10 bits per heavy atom. The molecule has 4 nitrogen and oxygen atoms in total. The van der Waals surface area contributed by atoms with Crippen molar-refractivity contribution in [3.8, 4) is 11.3 Å². The summed E-state index contributed by atoms with van der Waals surface area (Å²) in [5.74, 6) is 0. The highest BCUT2D eigenvalue weighted by atomic mass is 15.3. The summed E-state index contributed by atoms with van der Waals surface area (Å²) in [7, 11) is 0. The fourth-order valence-corrected chi connectivity index (χ4v) is 3.26. The van der Waals surface area contributed by atoms with Gasteiger partial charge in [0, 0.05) is 29.9 Å².